The van der Waals surface area contributed by atoms with Gasteiger partial charge in [-0.3, -0.25) is 4.79 Å². The molecule has 1 aromatic heterocycles. The van der Waals surface area contributed by atoms with Gasteiger partial charge >= 0.3 is 6.09 Å². The molecular formula is C28H33Cl2N5O3. The van der Waals surface area contributed by atoms with Gasteiger partial charge in [0.2, 0.25) is 5.91 Å². The van der Waals surface area contributed by atoms with Gasteiger partial charge in [-0.25, -0.2) is 9.78 Å². The molecule has 38 heavy (non-hydrogen) atoms. The fourth-order valence-corrected chi connectivity index (χ4v) is 5.45. The van der Waals surface area contributed by atoms with Crippen molar-refractivity contribution >= 4 is 51.9 Å². The number of nitrogens with zero attached hydrogens (tertiary/aromatic N) is 4. The molecule has 2 fully saturated rings. The maximum absolute atomic E-state index is 13.2. The molecule has 0 bridgehead atoms. The van der Waals surface area contributed by atoms with Crippen LogP contribution in [0.25, 0.3) is 22.4 Å². The summed E-state index contributed by atoms with van der Waals surface area (Å²) in [7, 11) is 0. The van der Waals surface area contributed by atoms with Gasteiger partial charge in [-0.15, -0.1) is 0 Å². The Bertz CT molecular complexity index is 1340. The number of fused-ring (bicyclic) bond motifs is 1. The number of H-pyrrole nitrogens is 1. The first-order chi connectivity index (χ1) is 18.1. The highest BCUT2D eigenvalue weighted by molar-refractivity contribution is 6.33. The summed E-state index contributed by atoms with van der Waals surface area (Å²) in [6.07, 6.45) is 1.04. The van der Waals surface area contributed by atoms with Gasteiger partial charge in [-0.2, -0.15) is 0 Å². The highest BCUT2D eigenvalue weighted by Crippen LogP contribution is 2.33. The zero-order valence-corrected chi connectivity index (χ0v) is 23.5. The first-order valence-corrected chi connectivity index (χ1v) is 13.8. The monoisotopic (exact) mass is 557 g/mol. The Balaban J connectivity index is 1.19. The second kappa shape index (κ2) is 10.7. The molecule has 0 aliphatic carbocycles. The highest BCUT2D eigenvalue weighted by Gasteiger charge is 2.33. The molecule has 2 aliphatic rings. The lowest BCUT2D eigenvalue weighted by atomic mass is 9.95. The van der Waals surface area contributed by atoms with Crippen molar-refractivity contribution in [1.29, 1.82) is 0 Å². The van der Waals surface area contributed by atoms with E-state index in [-0.39, 0.29) is 17.9 Å². The lowest BCUT2D eigenvalue weighted by Gasteiger charge is -2.39. The minimum absolute atomic E-state index is 0.0519. The number of halogens is 2. The molecule has 0 radical (unpaired) electrons. The SMILES string of the molecule is CC(C)(C)OC(=O)N1CCC(C(=O)N2CCN(c3ccc(Cl)c(-c4nc5cc(Cl)ccc5[nH]4)c3)CC2)CC1. The Kier molecular flexibility index (Phi) is 7.47. The number of hydrogen-bond donors (Lipinski definition) is 1. The van der Waals surface area contributed by atoms with Crippen LogP contribution in [0.1, 0.15) is 33.6 Å². The van der Waals surface area contributed by atoms with Crippen molar-refractivity contribution in [3.8, 4) is 11.4 Å². The number of carbonyl (C=O) groups excluding carboxylic acids is 2. The fourth-order valence-electron chi connectivity index (χ4n) is 5.08. The summed E-state index contributed by atoms with van der Waals surface area (Å²) < 4.78 is 5.47. The smallest absolute Gasteiger partial charge is 0.410 e. The third-order valence-corrected chi connectivity index (χ3v) is 7.67. The number of nitrogens with one attached hydrogen (secondary N) is 1. The molecule has 2 saturated heterocycles. The van der Waals surface area contributed by atoms with Gasteiger partial charge in [-0.1, -0.05) is 23.2 Å². The fraction of sp³-hybridized carbons (Fsp3) is 0.464. The van der Waals surface area contributed by atoms with E-state index in [1.54, 1.807) is 4.90 Å². The van der Waals surface area contributed by atoms with Crippen LogP contribution in [-0.4, -0.2) is 76.6 Å². The van der Waals surface area contributed by atoms with E-state index in [9.17, 15) is 9.59 Å². The van der Waals surface area contributed by atoms with E-state index in [2.05, 4.69) is 14.9 Å². The lowest BCUT2D eigenvalue weighted by molar-refractivity contribution is -0.137. The number of benzene rings is 2. The standard InChI is InChI=1S/C28H33Cl2N5O3/c1-28(2,3)38-27(37)35-10-8-18(9-11-35)26(36)34-14-12-33(13-15-34)20-5-6-22(30)21(17-20)25-31-23-7-4-19(29)16-24(23)32-25/h4-7,16-18H,8-15H2,1-3H3,(H,31,32). The van der Waals surface area contributed by atoms with E-state index >= 15 is 0 Å². The van der Waals surface area contributed by atoms with Gasteiger partial charge in [0.15, 0.2) is 0 Å². The third kappa shape index (κ3) is 5.86. The molecule has 2 aliphatic heterocycles. The number of amides is 2. The minimum atomic E-state index is -0.519. The zero-order chi connectivity index (χ0) is 27.0. The Morgan fingerprint density at radius 3 is 2.34 bits per heavy atom. The molecule has 8 nitrogen and oxygen atoms in total. The molecule has 0 atom stereocenters. The van der Waals surface area contributed by atoms with E-state index in [1.807, 2.05) is 62.1 Å². The molecule has 0 saturated carbocycles. The van der Waals surface area contributed by atoms with Gasteiger partial charge in [0, 0.05) is 61.5 Å². The first-order valence-electron chi connectivity index (χ1n) is 13.0. The van der Waals surface area contributed by atoms with Gasteiger partial charge in [0.05, 0.1) is 16.1 Å². The number of ether oxygens (including phenoxy) is 1. The van der Waals surface area contributed by atoms with E-state index in [0.29, 0.717) is 54.9 Å². The maximum atomic E-state index is 13.2. The number of aromatic nitrogens is 2. The van der Waals surface area contributed by atoms with Gasteiger partial charge in [0.25, 0.3) is 0 Å². The predicted molar refractivity (Wildman–Crippen MR) is 151 cm³/mol. The van der Waals surface area contributed by atoms with Gasteiger partial charge < -0.3 is 24.4 Å². The number of aromatic amines is 1. The van der Waals surface area contributed by atoms with Gasteiger partial charge in [-0.05, 0) is 70.0 Å². The zero-order valence-electron chi connectivity index (χ0n) is 22.0. The summed E-state index contributed by atoms with van der Waals surface area (Å²) in [5.74, 6) is 0.829. The van der Waals surface area contributed by atoms with Crippen LogP contribution in [0.4, 0.5) is 10.5 Å². The second-order valence-corrected chi connectivity index (χ2v) is 11.8. The quantitative estimate of drug-likeness (QED) is 0.438. The van der Waals surface area contributed by atoms with Crippen LogP contribution in [-0.2, 0) is 9.53 Å². The molecule has 5 rings (SSSR count). The summed E-state index contributed by atoms with van der Waals surface area (Å²) in [5.41, 5.74) is 3.04. The number of piperazine rings is 1. The van der Waals surface area contributed by atoms with Crippen LogP contribution in [0.15, 0.2) is 36.4 Å². The number of anilines is 1. The Morgan fingerprint density at radius 1 is 0.947 bits per heavy atom. The third-order valence-electron chi connectivity index (χ3n) is 7.10. The van der Waals surface area contributed by atoms with Gasteiger partial charge in [0.1, 0.15) is 11.4 Å². The number of hydrogen-bond acceptors (Lipinski definition) is 5. The molecule has 10 heteroatoms. The van der Waals surface area contributed by atoms with Crippen LogP contribution < -0.4 is 4.90 Å². The molecule has 3 aromatic rings. The molecule has 1 N–H and O–H groups in total. The van der Waals surface area contributed by atoms with E-state index in [4.69, 9.17) is 27.9 Å². The van der Waals surface area contributed by atoms with Crippen molar-refractivity contribution in [2.24, 2.45) is 5.92 Å². The average Bonchev–Trinajstić information content (AvgIpc) is 3.31. The van der Waals surface area contributed by atoms with Crippen molar-refractivity contribution < 1.29 is 14.3 Å². The molecule has 0 spiro atoms. The average molecular weight is 559 g/mol. The first kappa shape index (κ1) is 26.6. The van der Waals surface area contributed by atoms with E-state index in [0.717, 1.165) is 35.4 Å². The van der Waals surface area contributed by atoms with Crippen molar-refractivity contribution in [3.63, 3.8) is 0 Å². The highest BCUT2D eigenvalue weighted by atomic mass is 35.5. The maximum Gasteiger partial charge on any atom is 0.410 e. The molecular weight excluding hydrogens is 525 g/mol. The van der Waals surface area contributed by atoms with Crippen molar-refractivity contribution in [2.45, 2.75) is 39.2 Å². The van der Waals surface area contributed by atoms with Crippen LogP contribution >= 0.6 is 23.2 Å². The number of carbonyl (C=O) groups is 2. The Labute approximate surface area is 232 Å². The Hall–Kier alpha value is -2.97. The van der Waals surface area contributed by atoms with Crippen molar-refractivity contribution in [2.75, 3.05) is 44.2 Å². The van der Waals surface area contributed by atoms with Crippen LogP contribution in [0.3, 0.4) is 0 Å². The van der Waals surface area contributed by atoms with Crippen LogP contribution in [0.5, 0.6) is 0 Å². The minimum Gasteiger partial charge on any atom is -0.444 e. The van der Waals surface area contributed by atoms with E-state index < -0.39 is 5.60 Å². The summed E-state index contributed by atoms with van der Waals surface area (Å²) in [5, 5.41) is 1.25. The number of likely N-dealkylation sites (tertiary alicyclic amines) is 1. The molecule has 0 unspecified atom stereocenters. The topological polar surface area (TPSA) is 81.8 Å². The number of imidazole rings is 1. The summed E-state index contributed by atoms with van der Waals surface area (Å²) in [4.78, 5) is 39.5. The number of rotatable bonds is 3. The lowest BCUT2D eigenvalue weighted by Crippen LogP contribution is -2.52. The number of piperidine rings is 1. The second-order valence-electron chi connectivity index (χ2n) is 11.0. The predicted octanol–water partition coefficient (Wildman–Crippen LogP) is 5.83. The molecule has 2 aromatic carbocycles. The normalized spacial score (nSPS) is 17.2. The van der Waals surface area contributed by atoms with E-state index in [1.165, 1.54) is 0 Å². The Morgan fingerprint density at radius 2 is 1.66 bits per heavy atom. The summed E-state index contributed by atoms with van der Waals surface area (Å²) in [6, 6.07) is 11.5. The molecule has 3 heterocycles. The molecule has 202 valence electrons. The van der Waals surface area contributed by atoms with Crippen LogP contribution in [0.2, 0.25) is 10.0 Å². The van der Waals surface area contributed by atoms with Crippen molar-refractivity contribution in [3.05, 3.63) is 46.4 Å². The van der Waals surface area contributed by atoms with Crippen LogP contribution in [0, 0.1) is 5.92 Å². The largest absolute Gasteiger partial charge is 0.444 e. The summed E-state index contributed by atoms with van der Waals surface area (Å²) >= 11 is 12.7. The summed E-state index contributed by atoms with van der Waals surface area (Å²) in [6.45, 7) is 9.47. The van der Waals surface area contributed by atoms with Crippen molar-refractivity contribution in [1.82, 2.24) is 19.8 Å². The molecule has 2 amide bonds.